The van der Waals surface area contributed by atoms with E-state index in [0.29, 0.717) is 11.5 Å². The average molecular weight is 414 g/mol. The van der Waals surface area contributed by atoms with Crippen LogP contribution in [0.5, 0.6) is 0 Å². The van der Waals surface area contributed by atoms with E-state index in [1.165, 1.54) is 0 Å². The quantitative estimate of drug-likeness (QED) is 0.629. The lowest BCUT2D eigenvalue weighted by atomic mass is 9.92. The molecule has 1 saturated heterocycles. The van der Waals surface area contributed by atoms with Crippen LogP contribution in [0.15, 0.2) is 41.3 Å². The maximum Gasteiger partial charge on any atom is 0.255 e. The molecule has 1 unspecified atom stereocenters. The molecule has 2 atom stereocenters. The molecule has 1 fully saturated rings. The maximum absolute atomic E-state index is 12.8. The van der Waals surface area contributed by atoms with Crippen molar-refractivity contribution in [1.29, 1.82) is 0 Å². The van der Waals surface area contributed by atoms with Gasteiger partial charge in [0.15, 0.2) is 4.90 Å². The third-order valence-electron chi connectivity index (χ3n) is 5.67. The predicted molar refractivity (Wildman–Crippen MR) is 120 cm³/mol. The summed E-state index contributed by atoms with van der Waals surface area (Å²) in [5, 5.41) is 6.34. The zero-order chi connectivity index (χ0) is 21.0. The number of anilines is 1. The highest BCUT2D eigenvalue weighted by Gasteiger charge is 2.25. The number of rotatable bonds is 6. The summed E-state index contributed by atoms with van der Waals surface area (Å²) in [5.74, 6) is 0.412. The number of carbonyl (C=O) groups excluding carboxylic acids is 1. The van der Waals surface area contributed by atoms with E-state index in [0.717, 1.165) is 53.2 Å². The number of hydrogen-bond donors (Lipinski definition) is 3. The maximum atomic E-state index is 12.8. The summed E-state index contributed by atoms with van der Waals surface area (Å²) in [7, 11) is 0. The molecule has 1 amide bonds. The molecule has 0 saturated carbocycles. The Balaban J connectivity index is 1.65. The number of nitrogens with one attached hydrogen (secondary N) is 3. The van der Waals surface area contributed by atoms with Gasteiger partial charge in [-0.2, -0.15) is 0 Å². The predicted octanol–water partition coefficient (Wildman–Crippen LogP) is 3.86. The molecular formula is C23H31N3O2S. The highest BCUT2D eigenvalue weighted by molar-refractivity contribution is 7.89. The molecule has 6 heteroatoms. The van der Waals surface area contributed by atoms with Crippen molar-refractivity contribution in [1.82, 2.24) is 10.0 Å². The minimum atomic E-state index is -1.27. The van der Waals surface area contributed by atoms with Gasteiger partial charge in [-0.3, -0.25) is 4.79 Å². The summed E-state index contributed by atoms with van der Waals surface area (Å²) in [5.41, 5.74) is 4.38. The third kappa shape index (κ3) is 5.60. The van der Waals surface area contributed by atoms with Crippen LogP contribution in [0.3, 0.4) is 0 Å². The van der Waals surface area contributed by atoms with Crippen molar-refractivity contribution < 1.29 is 9.35 Å². The van der Waals surface area contributed by atoms with Crippen LogP contribution >= 0.6 is 0 Å². The van der Waals surface area contributed by atoms with Crippen molar-refractivity contribution in [3.63, 3.8) is 0 Å². The smallest absolute Gasteiger partial charge is 0.255 e. The van der Waals surface area contributed by atoms with Crippen molar-refractivity contribution in [2.24, 2.45) is 5.92 Å². The molecule has 5 nitrogen and oxygen atoms in total. The third-order valence-corrected chi connectivity index (χ3v) is 6.94. The van der Waals surface area contributed by atoms with Gasteiger partial charge in [0.25, 0.3) is 5.91 Å². The average Bonchev–Trinajstić information content (AvgIpc) is 2.70. The van der Waals surface area contributed by atoms with Gasteiger partial charge in [0.05, 0.1) is 17.4 Å². The Kier molecular flexibility index (Phi) is 7.35. The number of carbonyl (C=O) groups is 1. The van der Waals surface area contributed by atoms with Crippen molar-refractivity contribution in [2.45, 2.75) is 51.5 Å². The highest BCUT2D eigenvalue weighted by Crippen LogP contribution is 2.23. The first-order valence-corrected chi connectivity index (χ1v) is 11.4. The van der Waals surface area contributed by atoms with E-state index in [1.807, 2.05) is 57.2 Å². The van der Waals surface area contributed by atoms with Crippen LogP contribution in [0.4, 0.5) is 5.69 Å². The van der Waals surface area contributed by atoms with Crippen LogP contribution in [0, 0.1) is 26.7 Å². The molecule has 0 aliphatic carbocycles. The molecular weight excluding hydrogens is 382 g/mol. The summed E-state index contributed by atoms with van der Waals surface area (Å²) >= 11 is -1.27. The number of hydrogen-bond acceptors (Lipinski definition) is 4. The molecule has 2 aromatic carbocycles. The van der Waals surface area contributed by atoms with Crippen LogP contribution in [0.1, 0.15) is 46.8 Å². The molecule has 29 heavy (non-hydrogen) atoms. The lowest BCUT2D eigenvalue weighted by Crippen LogP contribution is -2.42. The molecule has 0 radical (unpaired) electrons. The van der Waals surface area contributed by atoms with Gasteiger partial charge >= 0.3 is 0 Å². The van der Waals surface area contributed by atoms with Crippen molar-refractivity contribution >= 4 is 23.0 Å². The monoisotopic (exact) mass is 413 g/mol. The molecule has 2 aromatic rings. The number of benzene rings is 2. The summed E-state index contributed by atoms with van der Waals surface area (Å²) in [6, 6.07) is 11.5. The number of amides is 1. The van der Waals surface area contributed by atoms with Crippen LogP contribution in [-0.4, -0.2) is 29.6 Å². The number of aryl methyl sites for hydroxylation is 3. The molecule has 0 aromatic heterocycles. The van der Waals surface area contributed by atoms with Crippen LogP contribution in [-0.2, 0) is 11.4 Å². The molecule has 0 spiro atoms. The van der Waals surface area contributed by atoms with Crippen molar-refractivity contribution in [3.8, 4) is 0 Å². The van der Waals surface area contributed by atoms with E-state index in [1.54, 1.807) is 0 Å². The summed E-state index contributed by atoms with van der Waals surface area (Å²) in [4.78, 5) is 13.4. The van der Waals surface area contributed by atoms with Gasteiger partial charge in [-0.25, -0.2) is 0 Å². The molecule has 1 aliphatic rings. The second-order valence-electron chi connectivity index (χ2n) is 8.01. The Morgan fingerprint density at radius 1 is 1.10 bits per heavy atom. The minimum absolute atomic E-state index is 0.128. The summed E-state index contributed by atoms with van der Waals surface area (Å²) in [6.45, 7) is 10.0. The highest BCUT2D eigenvalue weighted by atomic mass is 32.2. The molecule has 0 bridgehead atoms. The van der Waals surface area contributed by atoms with Gasteiger partial charge in [-0.1, -0.05) is 17.7 Å². The van der Waals surface area contributed by atoms with E-state index in [2.05, 4.69) is 22.3 Å². The lowest BCUT2D eigenvalue weighted by molar-refractivity contribution is 0.102. The zero-order valence-corrected chi connectivity index (χ0v) is 18.5. The largest absolute Gasteiger partial charge is 0.593 e. The topological polar surface area (TPSA) is 76.2 Å². The SMILES string of the molecule is Cc1ccc(C(=O)Nc2ccc([S+]([O-])N[C@H](C)C3CCNCC3)cc2C)c(C)c1. The first-order chi connectivity index (χ1) is 13.8. The fraction of sp³-hybridized carbons (Fsp3) is 0.435. The molecule has 156 valence electrons. The molecule has 3 N–H and O–H groups in total. The van der Waals surface area contributed by atoms with Gasteiger partial charge in [-0.05, 0) is 88.9 Å². The Labute approximate surface area is 177 Å². The van der Waals surface area contributed by atoms with Crippen molar-refractivity contribution in [3.05, 3.63) is 58.7 Å². The summed E-state index contributed by atoms with van der Waals surface area (Å²) < 4.78 is 16.0. The second kappa shape index (κ2) is 9.76. The van der Waals surface area contributed by atoms with Gasteiger partial charge < -0.3 is 15.2 Å². The second-order valence-corrected chi connectivity index (χ2v) is 9.26. The zero-order valence-electron chi connectivity index (χ0n) is 17.7. The first kappa shape index (κ1) is 21.8. The minimum Gasteiger partial charge on any atom is -0.593 e. The Morgan fingerprint density at radius 2 is 1.83 bits per heavy atom. The van der Waals surface area contributed by atoms with Crippen LogP contribution in [0.25, 0.3) is 0 Å². The van der Waals surface area contributed by atoms with Gasteiger partial charge in [0.2, 0.25) is 0 Å². The Hall–Kier alpha value is -1.86. The van der Waals surface area contributed by atoms with Crippen molar-refractivity contribution in [2.75, 3.05) is 18.4 Å². The standard InChI is InChI=1S/C23H31N3O2S/c1-15-5-7-21(16(2)13-15)23(27)25-22-8-6-20(14-17(22)3)29(28)26-18(4)19-9-11-24-12-10-19/h5-8,13-14,18-19,24,26H,9-12H2,1-4H3,(H,25,27)/t18-,29?/m1/s1. The Bertz CT molecular complexity index is 865. The van der Waals surface area contributed by atoms with E-state index in [9.17, 15) is 9.35 Å². The molecule has 1 aliphatic heterocycles. The molecule has 1 heterocycles. The van der Waals surface area contributed by atoms with Gasteiger partial charge in [0.1, 0.15) is 0 Å². The molecule has 3 rings (SSSR count). The summed E-state index contributed by atoms with van der Waals surface area (Å²) in [6.07, 6.45) is 2.21. The van der Waals surface area contributed by atoms with E-state index < -0.39 is 11.4 Å². The number of piperidine rings is 1. The van der Waals surface area contributed by atoms with E-state index in [-0.39, 0.29) is 11.9 Å². The van der Waals surface area contributed by atoms with E-state index in [4.69, 9.17) is 0 Å². The fourth-order valence-electron chi connectivity index (χ4n) is 3.83. The van der Waals surface area contributed by atoms with Crippen LogP contribution < -0.4 is 15.4 Å². The Morgan fingerprint density at radius 3 is 2.48 bits per heavy atom. The lowest BCUT2D eigenvalue weighted by Gasteiger charge is -2.28. The van der Waals surface area contributed by atoms with E-state index >= 15 is 0 Å². The van der Waals surface area contributed by atoms with Crippen LogP contribution in [0.2, 0.25) is 0 Å². The fourth-order valence-corrected chi connectivity index (χ4v) is 4.97. The van der Waals surface area contributed by atoms with Gasteiger partial charge in [0, 0.05) is 17.3 Å². The normalized spacial score (nSPS) is 17.0. The van der Waals surface area contributed by atoms with Gasteiger partial charge in [-0.15, -0.1) is 4.72 Å². The first-order valence-electron chi connectivity index (χ1n) is 10.2.